The van der Waals surface area contributed by atoms with Crippen LogP contribution in [0, 0.1) is 0 Å². The fourth-order valence-electron chi connectivity index (χ4n) is 6.10. The molecule has 2 aliphatic rings. The van der Waals surface area contributed by atoms with Gasteiger partial charge >= 0.3 is 0 Å². The molecule has 218 valence electrons. The van der Waals surface area contributed by atoms with Gasteiger partial charge in [0.2, 0.25) is 5.91 Å². The molecule has 9 nitrogen and oxygen atoms in total. The third kappa shape index (κ3) is 5.56. The number of aromatic nitrogens is 4. The number of hydrogen-bond acceptors (Lipinski definition) is 7. The van der Waals surface area contributed by atoms with Crippen molar-refractivity contribution >= 4 is 34.0 Å². The molecule has 3 aromatic carbocycles. The number of carbonyl (C=O) groups is 1. The van der Waals surface area contributed by atoms with E-state index in [1.165, 1.54) is 5.69 Å². The van der Waals surface area contributed by atoms with Gasteiger partial charge in [0.05, 0.1) is 36.7 Å². The smallest absolute Gasteiger partial charge is 0.222 e. The summed E-state index contributed by atoms with van der Waals surface area (Å²) in [7, 11) is 0. The lowest BCUT2D eigenvalue weighted by Gasteiger charge is -2.28. The fraction of sp³-hybridized carbons (Fsp3) is 0.294. The van der Waals surface area contributed by atoms with Gasteiger partial charge in [0.25, 0.3) is 0 Å². The lowest BCUT2D eigenvalue weighted by atomic mass is 10.0. The number of H-pyrrole nitrogens is 1. The van der Waals surface area contributed by atoms with E-state index in [1.54, 1.807) is 6.33 Å². The first-order chi connectivity index (χ1) is 21.2. The van der Waals surface area contributed by atoms with Crippen molar-refractivity contribution in [2.75, 3.05) is 43.1 Å². The average molecular weight is 574 g/mol. The average Bonchev–Trinajstić information content (AvgIpc) is 3.76. The minimum absolute atomic E-state index is 0.0332. The van der Waals surface area contributed by atoms with E-state index in [1.807, 2.05) is 24.1 Å². The fourth-order valence-corrected chi connectivity index (χ4v) is 6.10. The van der Waals surface area contributed by atoms with E-state index in [2.05, 4.69) is 90.8 Å². The van der Waals surface area contributed by atoms with E-state index < -0.39 is 0 Å². The van der Waals surface area contributed by atoms with Gasteiger partial charge in [-0.25, -0.2) is 15.0 Å². The van der Waals surface area contributed by atoms with E-state index in [-0.39, 0.29) is 11.9 Å². The van der Waals surface area contributed by atoms with Gasteiger partial charge in [-0.3, -0.25) is 4.79 Å². The summed E-state index contributed by atoms with van der Waals surface area (Å²) in [6.45, 7) is 6.08. The van der Waals surface area contributed by atoms with Crippen molar-refractivity contribution in [3.63, 3.8) is 0 Å². The maximum atomic E-state index is 12.4. The highest BCUT2D eigenvalue weighted by atomic mass is 16.5. The molecule has 1 amide bonds. The van der Waals surface area contributed by atoms with Gasteiger partial charge < -0.3 is 24.8 Å². The van der Waals surface area contributed by atoms with Crippen LogP contribution in [0.15, 0.2) is 79.3 Å². The van der Waals surface area contributed by atoms with Crippen LogP contribution >= 0.6 is 0 Å². The number of amides is 1. The Hall–Kier alpha value is -4.76. The van der Waals surface area contributed by atoms with Gasteiger partial charge in [-0.05, 0) is 65.9 Å². The van der Waals surface area contributed by atoms with E-state index in [0.717, 1.165) is 96.3 Å². The third-order valence-corrected chi connectivity index (χ3v) is 8.46. The largest absolute Gasteiger partial charge is 0.378 e. The SMILES string of the molecule is CCC(=O)N1CCC[C@H]1c1ncc(-c2ccc(-c3ccc4ncnc(Nc5ccc(N6CCOCC6)cc5)c4c3)cc2)[nH]1. The Labute approximate surface area is 250 Å². The molecule has 0 aliphatic carbocycles. The van der Waals surface area contributed by atoms with Crippen LogP contribution in [0.3, 0.4) is 0 Å². The first kappa shape index (κ1) is 27.1. The van der Waals surface area contributed by atoms with Crippen LogP contribution in [0.1, 0.15) is 38.1 Å². The Kier molecular flexibility index (Phi) is 7.47. The molecule has 2 aliphatic heterocycles. The van der Waals surface area contributed by atoms with Gasteiger partial charge in [0, 0.05) is 42.8 Å². The van der Waals surface area contributed by atoms with Crippen molar-refractivity contribution < 1.29 is 9.53 Å². The summed E-state index contributed by atoms with van der Waals surface area (Å²) in [5.74, 6) is 1.82. The molecule has 43 heavy (non-hydrogen) atoms. The van der Waals surface area contributed by atoms with Crippen LogP contribution in [0.25, 0.3) is 33.3 Å². The van der Waals surface area contributed by atoms with Crippen molar-refractivity contribution in [3.05, 3.63) is 85.1 Å². The van der Waals surface area contributed by atoms with Gasteiger partial charge in [-0.15, -0.1) is 0 Å². The molecule has 2 N–H and O–H groups in total. The van der Waals surface area contributed by atoms with Gasteiger partial charge in [0.1, 0.15) is 18.0 Å². The topological polar surface area (TPSA) is 99.3 Å². The second-order valence-electron chi connectivity index (χ2n) is 11.1. The van der Waals surface area contributed by atoms with Gasteiger partial charge in [-0.2, -0.15) is 0 Å². The van der Waals surface area contributed by atoms with Crippen LogP contribution in [0.5, 0.6) is 0 Å². The van der Waals surface area contributed by atoms with E-state index in [4.69, 9.17) is 4.74 Å². The van der Waals surface area contributed by atoms with E-state index in [9.17, 15) is 4.79 Å². The van der Waals surface area contributed by atoms with Crippen LogP contribution in [-0.2, 0) is 9.53 Å². The van der Waals surface area contributed by atoms with Crippen molar-refractivity contribution in [3.8, 4) is 22.4 Å². The number of aromatic amines is 1. The van der Waals surface area contributed by atoms with Crippen LogP contribution in [0.4, 0.5) is 17.2 Å². The molecule has 1 atom stereocenters. The molecule has 2 saturated heterocycles. The zero-order valence-electron chi connectivity index (χ0n) is 24.3. The standard InChI is InChI=1S/C34H35N7O2/c1-2-32(42)41-15-3-4-31(41)34-35-21-30(39-34)24-7-5-23(6-8-24)25-9-14-29-28(20-25)33(37-22-36-29)38-26-10-12-27(13-11-26)40-16-18-43-19-17-40/h5-14,20-22,31H,2-4,15-19H2,1H3,(H,35,39)(H,36,37,38)/t31-/m0/s1. The quantitative estimate of drug-likeness (QED) is 0.234. The number of ether oxygens (including phenoxy) is 1. The Morgan fingerprint density at radius 1 is 0.930 bits per heavy atom. The molecular weight excluding hydrogens is 538 g/mol. The second kappa shape index (κ2) is 11.9. The van der Waals surface area contributed by atoms with Gasteiger partial charge in [-0.1, -0.05) is 37.3 Å². The van der Waals surface area contributed by atoms with Gasteiger partial charge in [0.15, 0.2) is 0 Å². The number of benzene rings is 3. The maximum absolute atomic E-state index is 12.4. The Balaban J connectivity index is 1.09. The molecule has 2 aromatic heterocycles. The highest BCUT2D eigenvalue weighted by Crippen LogP contribution is 2.33. The number of hydrogen-bond donors (Lipinski definition) is 2. The van der Waals surface area contributed by atoms with E-state index >= 15 is 0 Å². The number of nitrogens with one attached hydrogen (secondary N) is 2. The predicted molar refractivity (Wildman–Crippen MR) is 169 cm³/mol. The van der Waals surface area contributed by atoms with E-state index in [0.29, 0.717) is 6.42 Å². The van der Waals surface area contributed by atoms with Crippen molar-refractivity contribution in [1.29, 1.82) is 0 Å². The molecule has 0 saturated carbocycles. The zero-order valence-corrected chi connectivity index (χ0v) is 24.3. The van der Waals surface area contributed by atoms with Crippen molar-refractivity contribution in [2.24, 2.45) is 0 Å². The third-order valence-electron chi connectivity index (χ3n) is 8.46. The molecule has 5 aromatic rings. The number of anilines is 3. The van der Waals surface area contributed by atoms with Crippen LogP contribution in [-0.4, -0.2) is 63.6 Å². The monoisotopic (exact) mass is 573 g/mol. The number of nitrogens with zero attached hydrogens (tertiary/aromatic N) is 5. The Bertz CT molecular complexity index is 1730. The number of rotatable bonds is 7. The number of carbonyl (C=O) groups excluding carboxylic acids is 1. The minimum atomic E-state index is 0.0332. The van der Waals surface area contributed by atoms with Crippen LogP contribution in [0.2, 0.25) is 0 Å². The summed E-state index contributed by atoms with van der Waals surface area (Å²) < 4.78 is 5.48. The van der Waals surface area contributed by atoms with Crippen LogP contribution < -0.4 is 10.2 Å². The van der Waals surface area contributed by atoms with Crippen molar-refractivity contribution in [1.82, 2.24) is 24.8 Å². The summed E-state index contributed by atoms with van der Waals surface area (Å²) in [6, 6.07) is 23.2. The number of imidazole rings is 1. The molecule has 0 radical (unpaired) electrons. The molecule has 9 heteroatoms. The molecular formula is C34H35N7O2. The zero-order chi connectivity index (χ0) is 29.2. The molecule has 2 fully saturated rings. The lowest BCUT2D eigenvalue weighted by molar-refractivity contribution is -0.131. The maximum Gasteiger partial charge on any atom is 0.222 e. The first-order valence-electron chi connectivity index (χ1n) is 15.1. The summed E-state index contributed by atoms with van der Waals surface area (Å²) in [6.07, 6.45) is 5.95. The minimum Gasteiger partial charge on any atom is -0.378 e. The number of morpholine rings is 1. The highest BCUT2D eigenvalue weighted by molar-refractivity contribution is 5.94. The second-order valence-corrected chi connectivity index (χ2v) is 11.1. The first-order valence-corrected chi connectivity index (χ1v) is 15.1. The Morgan fingerprint density at radius 2 is 1.70 bits per heavy atom. The lowest BCUT2D eigenvalue weighted by Crippen LogP contribution is -2.36. The number of fused-ring (bicyclic) bond motifs is 1. The summed E-state index contributed by atoms with van der Waals surface area (Å²) in [5, 5.41) is 4.46. The normalized spacial score (nSPS) is 17.0. The summed E-state index contributed by atoms with van der Waals surface area (Å²) in [5.41, 5.74) is 7.26. The highest BCUT2D eigenvalue weighted by Gasteiger charge is 2.31. The molecule has 0 unspecified atom stereocenters. The molecule has 7 rings (SSSR count). The number of likely N-dealkylation sites (tertiary alicyclic amines) is 1. The predicted octanol–water partition coefficient (Wildman–Crippen LogP) is 6.34. The molecule has 0 spiro atoms. The molecule has 4 heterocycles. The van der Waals surface area contributed by atoms with Crippen molar-refractivity contribution in [2.45, 2.75) is 32.2 Å². The molecule has 0 bridgehead atoms. The summed E-state index contributed by atoms with van der Waals surface area (Å²) >= 11 is 0. The Morgan fingerprint density at radius 3 is 2.49 bits per heavy atom. The summed E-state index contributed by atoms with van der Waals surface area (Å²) in [4.78, 5) is 33.9.